The molecule has 9 heteroatoms. The first-order chi connectivity index (χ1) is 15.0. The van der Waals surface area contributed by atoms with E-state index in [0.29, 0.717) is 26.2 Å². The molecule has 0 radical (unpaired) electrons. The van der Waals surface area contributed by atoms with E-state index >= 15 is 0 Å². The fraction of sp³-hybridized carbons (Fsp3) is 0.318. The van der Waals surface area contributed by atoms with Gasteiger partial charge in [0, 0.05) is 38.8 Å². The summed E-state index contributed by atoms with van der Waals surface area (Å²) in [5, 5.41) is 9.65. The second-order valence-electron chi connectivity index (χ2n) is 7.47. The van der Waals surface area contributed by atoms with Gasteiger partial charge in [-0.25, -0.2) is 9.78 Å². The minimum Gasteiger partial charge on any atom is -0.480 e. The Morgan fingerprint density at radius 3 is 2.10 bits per heavy atom. The molecule has 1 aromatic carbocycles. The molecular formula is C22H22N4O5. The molecule has 2 aromatic rings. The molecule has 3 heterocycles. The summed E-state index contributed by atoms with van der Waals surface area (Å²) in [5.41, 5.74) is 0.381. The first-order valence-corrected chi connectivity index (χ1v) is 10.1. The Hall–Kier alpha value is -3.75. The van der Waals surface area contributed by atoms with Crippen molar-refractivity contribution in [2.75, 3.05) is 31.1 Å². The maximum absolute atomic E-state index is 12.7. The predicted molar refractivity (Wildman–Crippen MR) is 111 cm³/mol. The van der Waals surface area contributed by atoms with Crippen molar-refractivity contribution in [2.24, 2.45) is 0 Å². The highest BCUT2D eigenvalue weighted by atomic mass is 16.4. The monoisotopic (exact) mass is 422 g/mol. The number of benzene rings is 1. The highest BCUT2D eigenvalue weighted by molar-refractivity contribution is 6.22. The molecule has 3 amide bonds. The predicted octanol–water partition coefficient (Wildman–Crippen LogP) is 1.26. The normalized spacial score (nSPS) is 17.0. The summed E-state index contributed by atoms with van der Waals surface area (Å²) in [6, 6.07) is 10.5. The number of aromatic nitrogens is 1. The van der Waals surface area contributed by atoms with Gasteiger partial charge in [-0.3, -0.25) is 19.3 Å². The highest BCUT2D eigenvalue weighted by Crippen LogP contribution is 2.26. The number of rotatable bonds is 6. The van der Waals surface area contributed by atoms with Crippen molar-refractivity contribution in [3.63, 3.8) is 0 Å². The number of hydrogen-bond acceptors (Lipinski definition) is 6. The van der Waals surface area contributed by atoms with Gasteiger partial charge < -0.3 is 14.9 Å². The Morgan fingerprint density at radius 2 is 1.55 bits per heavy atom. The number of hydrogen-bond donors (Lipinski definition) is 1. The minimum absolute atomic E-state index is 0.0615. The van der Waals surface area contributed by atoms with E-state index in [1.54, 1.807) is 23.2 Å². The van der Waals surface area contributed by atoms with Crippen molar-refractivity contribution in [1.29, 1.82) is 0 Å². The van der Waals surface area contributed by atoms with Crippen molar-refractivity contribution >= 4 is 29.5 Å². The van der Waals surface area contributed by atoms with Gasteiger partial charge in [0.25, 0.3) is 11.8 Å². The zero-order valence-corrected chi connectivity index (χ0v) is 16.8. The summed E-state index contributed by atoms with van der Waals surface area (Å²) >= 11 is 0. The molecular weight excluding hydrogens is 400 g/mol. The van der Waals surface area contributed by atoms with Crippen molar-refractivity contribution in [3.8, 4) is 0 Å². The maximum Gasteiger partial charge on any atom is 0.326 e. The summed E-state index contributed by atoms with van der Waals surface area (Å²) < 4.78 is 0. The number of aliphatic carboxylic acids is 1. The van der Waals surface area contributed by atoms with Crippen LogP contribution in [0.3, 0.4) is 0 Å². The SMILES string of the molecule is O=C(O)[C@H](CCC(=O)N1CCN(c2ccccn2)CC1)N1C(=O)c2ccccc2C1=O. The molecule has 1 aromatic heterocycles. The number of piperazine rings is 1. The molecule has 31 heavy (non-hydrogen) atoms. The van der Waals surface area contributed by atoms with Crippen LogP contribution in [0.15, 0.2) is 48.7 Å². The zero-order valence-electron chi connectivity index (χ0n) is 16.8. The Morgan fingerprint density at radius 1 is 0.935 bits per heavy atom. The lowest BCUT2D eigenvalue weighted by Gasteiger charge is -2.35. The average molecular weight is 422 g/mol. The van der Waals surface area contributed by atoms with Gasteiger partial charge in [0.15, 0.2) is 0 Å². The van der Waals surface area contributed by atoms with Crippen molar-refractivity contribution in [3.05, 3.63) is 59.8 Å². The topological polar surface area (TPSA) is 111 Å². The summed E-state index contributed by atoms with van der Waals surface area (Å²) in [7, 11) is 0. The smallest absolute Gasteiger partial charge is 0.326 e. The molecule has 2 aliphatic heterocycles. The lowest BCUT2D eigenvalue weighted by Crippen LogP contribution is -2.50. The molecule has 160 valence electrons. The Kier molecular flexibility index (Phi) is 5.66. The highest BCUT2D eigenvalue weighted by Gasteiger charge is 2.42. The first-order valence-electron chi connectivity index (χ1n) is 10.1. The van der Waals surface area contributed by atoms with Crippen LogP contribution in [0, 0.1) is 0 Å². The van der Waals surface area contributed by atoms with Crippen LogP contribution in [0.1, 0.15) is 33.6 Å². The quantitative estimate of drug-likeness (QED) is 0.698. The number of fused-ring (bicyclic) bond motifs is 1. The number of carboxylic acid groups (broad SMARTS) is 1. The molecule has 1 N–H and O–H groups in total. The van der Waals surface area contributed by atoms with E-state index < -0.39 is 23.8 Å². The number of amides is 3. The van der Waals surface area contributed by atoms with Crippen molar-refractivity contribution in [1.82, 2.24) is 14.8 Å². The summed E-state index contributed by atoms with van der Waals surface area (Å²) in [5.74, 6) is -1.91. The van der Waals surface area contributed by atoms with Gasteiger partial charge in [0.1, 0.15) is 11.9 Å². The van der Waals surface area contributed by atoms with E-state index in [0.717, 1.165) is 10.7 Å². The first kappa shape index (κ1) is 20.5. The van der Waals surface area contributed by atoms with Gasteiger partial charge >= 0.3 is 5.97 Å². The van der Waals surface area contributed by atoms with E-state index in [1.165, 1.54) is 12.1 Å². The van der Waals surface area contributed by atoms with Crippen LogP contribution >= 0.6 is 0 Å². The molecule has 9 nitrogen and oxygen atoms in total. The van der Waals surface area contributed by atoms with Crippen LogP contribution in [0.2, 0.25) is 0 Å². The molecule has 0 aliphatic carbocycles. The van der Waals surface area contributed by atoms with Crippen molar-refractivity contribution in [2.45, 2.75) is 18.9 Å². The average Bonchev–Trinajstić information content (AvgIpc) is 3.05. The molecule has 0 unspecified atom stereocenters. The Bertz CT molecular complexity index is 983. The summed E-state index contributed by atoms with van der Waals surface area (Å²) in [6.45, 7) is 2.26. The zero-order chi connectivity index (χ0) is 22.0. The molecule has 1 saturated heterocycles. The third-order valence-electron chi connectivity index (χ3n) is 5.66. The Labute approximate surface area is 178 Å². The van der Waals surface area contributed by atoms with E-state index in [4.69, 9.17) is 0 Å². The van der Waals surface area contributed by atoms with E-state index in [1.807, 2.05) is 18.2 Å². The molecule has 0 spiro atoms. The number of pyridine rings is 1. The molecule has 2 aliphatic rings. The van der Waals surface area contributed by atoms with Crippen LogP contribution in [-0.4, -0.2) is 75.8 Å². The fourth-order valence-electron chi connectivity index (χ4n) is 4.00. The minimum atomic E-state index is -1.38. The van der Waals surface area contributed by atoms with Gasteiger partial charge in [-0.15, -0.1) is 0 Å². The second kappa shape index (κ2) is 8.55. The third kappa shape index (κ3) is 3.98. The van der Waals surface area contributed by atoms with E-state index in [-0.39, 0.29) is 29.9 Å². The summed E-state index contributed by atoms with van der Waals surface area (Å²) in [4.78, 5) is 58.6. The number of nitrogens with zero attached hydrogens (tertiary/aromatic N) is 4. The Balaban J connectivity index is 1.36. The van der Waals surface area contributed by atoms with Gasteiger partial charge in [-0.05, 0) is 30.7 Å². The number of carboxylic acids is 1. The maximum atomic E-state index is 12.7. The number of anilines is 1. The number of carbonyl (C=O) groups excluding carboxylic acids is 3. The van der Waals surface area contributed by atoms with Crippen LogP contribution in [-0.2, 0) is 9.59 Å². The number of imide groups is 1. The molecule has 1 fully saturated rings. The standard InChI is InChI=1S/C22H22N4O5/c27-19(25-13-11-24(12-14-25)18-7-3-4-10-23-18)9-8-17(22(30)31)26-20(28)15-5-1-2-6-16(15)21(26)29/h1-7,10,17H,8-9,11-14H2,(H,30,31)/t17-/m0/s1. The lowest BCUT2D eigenvalue weighted by molar-refractivity contribution is -0.142. The van der Waals surface area contributed by atoms with Gasteiger partial charge in [-0.2, -0.15) is 0 Å². The van der Waals surface area contributed by atoms with Crippen LogP contribution < -0.4 is 4.90 Å². The fourth-order valence-corrected chi connectivity index (χ4v) is 4.00. The van der Waals surface area contributed by atoms with Crippen LogP contribution in [0.25, 0.3) is 0 Å². The van der Waals surface area contributed by atoms with Crippen LogP contribution in [0.4, 0.5) is 5.82 Å². The second-order valence-corrected chi connectivity index (χ2v) is 7.47. The van der Waals surface area contributed by atoms with Gasteiger partial charge in [0.05, 0.1) is 11.1 Å². The van der Waals surface area contributed by atoms with Gasteiger partial charge in [-0.1, -0.05) is 18.2 Å². The molecule has 0 bridgehead atoms. The lowest BCUT2D eigenvalue weighted by atomic mass is 10.1. The number of carbonyl (C=O) groups is 4. The largest absolute Gasteiger partial charge is 0.480 e. The van der Waals surface area contributed by atoms with Crippen LogP contribution in [0.5, 0.6) is 0 Å². The molecule has 1 atom stereocenters. The van der Waals surface area contributed by atoms with E-state index in [9.17, 15) is 24.3 Å². The van der Waals surface area contributed by atoms with Crippen molar-refractivity contribution < 1.29 is 24.3 Å². The molecule has 4 rings (SSSR count). The van der Waals surface area contributed by atoms with E-state index in [2.05, 4.69) is 9.88 Å². The summed E-state index contributed by atoms with van der Waals surface area (Å²) in [6.07, 6.45) is 1.53. The van der Waals surface area contributed by atoms with Gasteiger partial charge in [0.2, 0.25) is 5.91 Å². The third-order valence-corrected chi connectivity index (χ3v) is 5.66. The molecule has 0 saturated carbocycles.